The standard InChI is InChI=1S/C3H2F3N3.Li.H/c4-3(5,6)2-7-1-8-9-2;;/h1H,(H,7,8,9);;/q;+1;-1. The second-order valence-corrected chi connectivity index (χ2v) is 1.33. The second kappa shape index (κ2) is 3.08. The molecule has 0 atom stereocenters. The maximum absolute atomic E-state index is 11.5. The van der Waals surface area contributed by atoms with Gasteiger partial charge in [0.2, 0.25) is 5.82 Å². The number of hydrogen-bond donors (Lipinski definition) is 1. The summed E-state index contributed by atoms with van der Waals surface area (Å²) >= 11 is 0. The van der Waals surface area contributed by atoms with E-state index in [9.17, 15) is 13.2 Å². The normalized spacial score (nSPS) is 10.7. The third-order valence-electron chi connectivity index (χ3n) is 0.684. The summed E-state index contributed by atoms with van der Waals surface area (Å²) in [7, 11) is 0. The van der Waals surface area contributed by atoms with Crippen LogP contribution in [0.15, 0.2) is 6.33 Å². The van der Waals surface area contributed by atoms with Crippen molar-refractivity contribution < 1.29 is 33.5 Å². The van der Waals surface area contributed by atoms with Gasteiger partial charge in [-0.15, -0.1) is 0 Å². The second-order valence-electron chi connectivity index (χ2n) is 1.33. The van der Waals surface area contributed by atoms with Gasteiger partial charge in [-0.25, -0.2) is 4.98 Å². The Labute approximate surface area is 67.7 Å². The summed E-state index contributed by atoms with van der Waals surface area (Å²) < 4.78 is 34.5. The van der Waals surface area contributed by atoms with Crippen LogP contribution < -0.4 is 18.9 Å². The van der Waals surface area contributed by atoms with Gasteiger partial charge in [-0.05, 0) is 0 Å². The zero-order chi connectivity index (χ0) is 6.91. The Bertz CT molecular complexity index is 186. The topological polar surface area (TPSA) is 41.6 Å². The number of aromatic amines is 1. The van der Waals surface area contributed by atoms with Crippen LogP contribution in [0.5, 0.6) is 0 Å². The summed E-state index contributed by atoms with van der Waals surface area (Å²) in [6.07, 6.45) is -3.60. The number of H-pyrrole nitrogens is 1. The Morgan fingerprint density at radius 3 is 2.30 bits per heavy atom. The molecule has 0 aliphatic rings. The number of halogens is 3. The number of alkyl halides is 3. The number of hydrogen-bond acceptors (Lipinski definition) is 2. The van der Waals surface area contributed by atoms with Crippen LogP contribution in [0, 0.1) is 0 Å². The smallest absolute Gasteiger partial charge is 1.00 e. The van der Waals surface area contributed by atoms with E-state index in [2.05, 4.69) is 10.1 Å². The van der Waals surface area contributed by atoms with Crippen molar-refractivity contribution in [3.8, 4) is 0 Å². The van der Waals surface area contributed by atoms with Gasteiger partial charge in [-0.2, -0.15) is 18.3 Å². The molecule has 52 valence electrons. The molecular formula is C3H3F3LiN3. The van der Waals surface area contributed by atoms with E-state index in [4.69, 9.17) is 0 Å². The molecule has 0 fully saturated rings. The van der Waals surface area contributed by atoms with Gasteiger partial charge < -0.3 is 1.43 Å². The van der Waals surface area contributed by atoms with Crippen molar-refractivity contribution >= 4 is 0 Å². The van der Waals surface area contributed by atoms with Crippen LogP contribution >= 0.6 is 0 Å². The predicted octanol–water partition coefficient (Wildman–Crippen LogP) is -2.06. The van der Waals surface area contributed by atoms with Crippen molar-refractivity contribution in [3.05, 3.63) is 12.2 Å². The molecule has 1 aromatic heterocycles. The average Bonchev–Trinajstić information content (AvgIpc) is 2.08. The number of aromatic nitrogens is 3. The Morgan fingerprint density at radius 2 is 2.10 bits per heavy atom. The van der Waals surface area contributed by atoms with Crippen LogP contribution in [0.3, 0.4) is 0 Å². The van der Waals surface area contributed by atoms with Crippen LogP contribution in [0.4, 0.5) is 13.2 Å². The monoisotopic (exact) mass is 145 g/mol. The molecule has 0 aliphatic heterocycles. The van der Waals surface area contributed by atoms with Crippen LogP contribution in [0.1, 0.15) is 7.25 Å². The van der Waals surface area contributed by atoms with Gasteiger partial charge in [0.1, 0.15) is 6.33 Å². The van der Waals surface area contributed by atoms with Gasteiger partial charge in [0, 0.05) is 0 Å². The average molecular weight is 145 g/mol. The fourth-order valence-electron chi connectivity index (χ4n) is 0.342. The summed E-state index contributed by atoms with van der Waals surface area (Å²) in [6, 6.07) is 0. The molecular weight excluding hydrogens is 142 g/mol. The molecule has 1 rings (SSSR count). The summed E-state index contributed by atoms with van der Waals surface area (Å²) in [5.41, 5.74) is 0. The van der Waals surface area contributed by atoms with Crippen molar-refractivity contribution in [2.75, 3.05) is 0 Å². The molecule has 0 amide bonds. The van der Waals surface area contributed by atoms with Crippen molar-refractivity contribution in [2.24, 2.45) is 0 Å². The van der Waals surface area contributed by atoms with Gasteiger partial charge in [-0.1, -0.05) is 0 Å². The molecule has 0 saturated carbocycles. The van der Waals surface area contributed by atoms with E-state index in [0.29, 0.717) is 0 Å². The first-order valence-electron chi connectivity index (χ1n) is 2.03. The van der Waals surface area contributed by atoms with Crippen molar-refractivity contribution in [1.29, 1.82) is 0 Å². The van der Waals surface area contributed by atoms with Gasteiger partial charge in [0.15, 0.2) is 0 Å². The van der Waals surface area contributed by atoms with E-state index in [-0.39, 0.29) is 20.3 Å². The fourth-order valence-corrected chi connectivity index (χ4v) is 0.342. The molecule has 7 heteroatoms. The summed E-state index contributed by atoms with van der Waals surface area (Å²) in [5.74, 6) is -1.07. The van der Waals surface area contributed by atoms with E-state index in [1.165, 1.54) is 0 Å². The maximum atomic E-state index is 11.5. The first-order chi connectivity index (χ1) is 4.11. The Kier molecular flexibility index (Phi) is 2.93. The van der Waals surface area contributed by atoms with Gasteiger partial charge in [0.05, 0.1) is 0 Å². The molecule has 1 N–H and O–H groups in total. The summed E-state index contributed by atoms with van der Waals surface area (Å²) in [4.78, 5) is 2.90. The number of rotatable bonds is 0. The largest absolute Gasteiger partial charge is 1.00 e. The Hall–Kier alpha value is -0.473. The van der Waals surface area contributed by atoms with E-state index in [0.717, 1.165) is 6.33 Å². The minimum atomic E-state index is -4.41. The van der Waals surface area contributed by atoms with Gasteiger partial charge in [-0.3, -0.25) is 5.10 Å². The van der Waals surface area contributed by atoms with Crippen molar-refractivity contribution in [1.82, 2.24) is 15.2 Å². The SMILES string of the molecule is FC(F)(F)c1ncn[nH]1.[H-].[Li+]. The molecule has 0 aliphatic carbocycles. The first-order valence-corrected chi connectivity index (χ1v) is 2.03. The van der Waals surface area contributed by atoms with E-state index in [1.54, 1.807) is 5.10 Å². The number of nitrogens with one attached hydrogen (secondary N) is 1. The quantitative estimate of drug-likeness (QED) is 0.426. The maximum Gasteiger partial charge on any atom is 1.00 e. The Morgan fingerprint density at radius 1 is 1.50 bits per heavy atom. The molecule has 0 unspecified atom stereocenters. The van der Waals surface area contributed by atoms with Gasteiger partial charge >= 0.3 is 25.0 Å². The van der Waals surface area contributed by atoms with E-state index < -0.39 is 12.0 Å². The molecule has 1 aromatic rings. The minimum absolute atomic E-state index is 0. The first kappa shape index (κ1) is 9.53. The Balaban J connectivity index is 0. The van der Waals surface area contributed by atoms with Crippen LogP contribution in [0.2, 0.25) is 0 Å². The predicted molar refractivity (Wildman–Crippen MR) is 22.5 cm³/mol. The van der Waals surface area contributed by atoms with Gasteiger partial charge in [0.25, 0.3) is 0 Å². The van der Waals surface area contributed by atoms with Crippen LogP contribution in [-0.2, 0) is 6.18 Å². The summed E-state index contributed by atoms with van der Waals surface area (Å²) in [5, 5.41) is 4.72. The third kappa shape index (κ3) is 2.04. The molecule has 0 bridgehead atoms. The van der Waals surface area contributed by atoms with E-state index >= 15 is 0 Å². The van der Waals surface area contributed by atoms with Crippen LogP contribution in [0.25, 0.3) is 0 Å². The van der Waals surface area contributed by atoms with E-state index in [1.807, 2.05) is 0 Å². The third-order valence-corrected chi connectivity index (χ3v) is 0.684. The van der Waals surface area contributed by atoms with Crippen molar-refractivity contribution in [2.45, 2.75) is 6.18 Å². The molecule has 10 heavy (non-hydrogen) atoms. The molecule has 0 spiro atoms. The summed E-state index contributed by atoms with van der Waals surface area (Å²) in [6.45, 7) is 0. The molecule has 0 radical (unpaired) electrons. The molecule has 3 nitrogen and oxygen atoms in total. The zero-order valence-electron chi connectivity index (χ0n) is 6.11. The zero-order valence-corrected chi connectivity index (χ0v) is 5.11. The molecule has 0 saturated heterocycles. The fraction of sp³-hybridized carbons (Fsp3) is 0.333. The minimum Gasteiger partial charge on any atom is -1.00 e. The molecule has 0 aromatic carbocycles. The number of nitrogens with zero attached hydrogens (tertiary/aromatic N) is 2. The van der Waals surface area contributed by atoms with Crippen molar-refractivity contribution in [3.63, 3.8) is 0 Å². The molecule has 1 heterocycles. The van der Waals surface area contributed by atoms with Crippen LogP contribution in [-0.4, -0.2) is 15.2 Å².